The van der Waals surface area contributed by atoms with Crippen molar-refractivity contribution in [3.63, 3.8) is 0 Å². The Bertz CT molecular complexity index is 1150. The summed E-state index contributed by atoms with van der Waals surface area (Å²) >= 11 is 1.94. The zero-order valence-electron chi connectivity index (χ0n) is 18.7. The number of thioether (sulfide) groups is 1. The van der Waals surface area contributed by atoms with Gasteiger partial charge in [0, 0.05) is 30.6 Å². The standard InChI is InChI=1S/C25H31N5OS/c1-18-4-6-21-23(15-18)30(25(31)17-27-21)13-12-29-10-8-19(9-11-29)26-16-20-5-7-24-22(28-20)3-2-14-32-24/h4-7,15,17,19,26H,2-3,8-14,16H2,1H3. The van der Waals surface area contributed by atoms with Gasteiger partial charge in [0.05, 0.1) is 28.6 Å². The molecule has 0 spiro atoms. The van der Waals surface area contributed by atoms with E-state index >= 15 is 0 Å². The molecule has 0 saturated carbocycles. The highest BCUT2D eigenvalue weighted by Crippen LogP contribution is 2.28. The Balaban J connectivity index is 1.13. The second-order valence-corrected chi connectivity index (χ2v) is 10.1. The molecule has 0 atom stereocenters. The molecular formula is C25H31N5OS. The smallest absolute Gasteiger partial charge is 0.269 e. The minimum Gasteiger partial charge on any atom is -0.308 e. The molecule has 7 heteroatoms. The Hall–Kier alpha value is -2.22. The van der Waals surface area contributed by atoms with Crippen molar-refractivity contribution in [3.05, 3.63) is 63.8 Å². The predicted molar refractivity (Wildman–Crippen MR) is 130 cm³/mol. The lowest BCUT2D eigenvalue weighted by atomic mass is 10.0. The molecule has 2 aliphatic rings. The quantitative estimate of drug-likeness (QED) is 0.622. The summed E-state index contributed by atoms with van der Waals surface area (Å²) in [6, 6.07) is 11.1. The van der Waals surface area contributed by atoms with Crippen LogP contribution in [0.1, 0.15) is 36.2 Å². The molecule has 0 bridgehead atoms. The largest absolute Gasteiger partial charge is 0.308 e. The highest BCUT2D eigenvalue weighted by molar-refractivity contribution is 7.99. The van der Waals surface area contributed by atoms with E-state index in [1.807, 2.05) is 28.5 Å². The molecule has 1 fully saturated rings. The third-order valence-corrected chi connectivity index (χ3v) is 7.78. The van der Waals surface area contributed by atoms with Crippen molar-refractivity contribution in [1.29, 1.82) is 0 Å². The second-order valence-electron chi connectivity index (χ2n) is 8.94. The number of hydrogen-bond donors (Lipinski definition) is 1. The number of nitrogens with zero attached hydrogens (tertiary/aromatic N) is 4. The number of aryl methyl sites for hydroxylation is 2. The molecule has 1 N–H and O–H groups in total. The summed E-state index contributed by atoms with van der Waals surface area (Å²) in [7, 11) is 0. The summed E-state index contributed by atoms with van der Waals surface area (Å²) in [4.78, 5) is 25.5. The minimum atomic E-state index is -0.0180. The number of nitrogens with one attached hydrogen (secondary N) is 1. The zero-order chi connectivity index (χ0) is 21.9. The number of piperidine rings is 1. The summed E-state index contributed by atoms with van der Waals surface area (Å²) in [6.07, 6.45) is 6.06. The van der Waals surface area contributed by atoms with Gasteiger partial charge in [0.15, 0.2) is 0 Å². The summed E-state index contributed by atoms with van der Waals surface area (Å²) in [5, 5.41) is 3.72. The molecule has 6 nitrogen and oxygen atoms in total. The van der Waals surface area contributed by atoms with E-state index in [0.29, 0.717) is 12.6 Å². The maximum Gasteiger partial charge on any atom is 0.269 e. The van der Waals surface area contributed by atoms with Crippen LogP contribution < -0.4 is 10.9 Å². The van der Waals surface area contributed by atoms with E-state index in [4.69, 9.17) is 4.98 Å². The van der Waals surface area contributed by atoms with Gasteiger partial charge in [-0.2, -0.15) is 0 Å². The first-order chi connectivity index (χ1) is 15.7. The van der Waals surface area contributed by atoms with Crippen molar-refractivity contribution in [2.24, 2.45) is 0 Å². The normalized spacial score (nSPS) is 17.5. The van der Waals surface area contributed by atoms with Gasteiger partial charge < -0.3 is 14.8 Å². The van der Waals surface area contributed by atoms with Crippen LogP contribution in [0.2, 0.25) is 0 Å². The van der Waals surface area contributed by atoms with Crippen LogP contribution in [0.25, 0.3) is 11.0 Å². The van der Waals surface area contributed by atoms with Gasteiger partial charge in [-0.25, -0.2) is 4.98 Å². The lowest BCUT2D eigenvalue weighted by Gasteiger charge is -2.32. The Morgan fingerprint density at radius 1 is 1.16 bits per heavy atom. The number of fused-ring (bicyclic) bond motifs is 2. The molecule has 3 aromatic rings. The number of rotatable bonds is 6. The van der Waals surface area contributed by atoms with Crippen LogP contribution in [-0.2, 0) is 19.5 Å². The average Bonchev–Trinajstić information content (AvgIpc) is 2.82. The third kappa shape index (κ3) is 4.90. The molecule has 0 aliphatic carbocycles. The molecule has 1 saturated heterocycles. The topological polar surface area (TPSA) is 63.1 Å². The summed E-state index contributed by atoms with van der Waals surface area (Å²) in [5.74, 6) is 1.22. The fourth-order valence-electron chi connectivity index (χ4n) is 4.72. The van der Waals surface area contributed by atoms with Crippen molar-refractivity contribution in [3.8, 4) is 0 Å². The van der Waals surface area contributed by atoms with Crippen LogP contribution in [-0.4, -0.2) is 50.9 Å². The molecular weight excluding hydrogens is 418 g/mol. The van der Waals surface area contributed by atoms with Gasteiger partial charge in [0.25, 0.3) is 5.56 Å². The SMILES string of the molecule is Cc1ccc2ncc(=O)n(CCN3CCC(NCc4ccc5c(n4)CCCS5)CC3)c2c1. The lowest BCUT2D eigenvalue weighted by molar-refractivity contribution is 0.191. The van der Waals surface area contributed by atoms with Crippen molar-refractivity contribution < 1.29 is 0 Å². The first-order valence-corrected chi connectivity index (χ1v) is 12.7. The predicted octanol–water partition coefficient (Wildman–Crippen LogP) is 3.39. The molecule has 0 radical (unpaired) electrons. The van der Waals surface area contributed by atoms with Crippen molar-refractivity contribution in [2.75, 3.05) is 25.4 Å². The molecule has 32 heavy (non-hydrogen) atoms. The monoisotopic (exact) mass is 449 g/mol. The highest BCUT2D eigenvalue weighted by Gasteiger charge is 2.19. The Labute approximate surface area is 193 Å². The number of likely N-dealkylation sites (tertiary alicyclic amines) is 1. The van der Waals surface area contributed by atoms with Gasteiger partial charge >= 0.3 is 0 Å². The highest BCUT2D eigenvalue weighted by atomic mass is 32.2. The van der Waals surface area contributed by atoms with E-state index in [2.05, 4.69) is 40.3 Å². The third-order valence-electron chi connectivity index (χ3n) is 6.61. The number of benzene rings is 1. The number of aromatic nitrogens is 3. The van der Waals surface area contributed by atoms with E-state index in [9.17, 15) is 4.79 Å². The van der Waals surface area contributed by atoms with E-state index in [0.717, 1.165) is 67.7 Å². The van der Waals surface area contributed by atoms with E-state index in [-0.39, 0.29) is 5.56 Å². The molecule has 0 amide bonds. The van der Waals surface area contributed by atoms with Gasteiger partial charge in [-0.05, 0) is 81.3 Å². The van der Waals surface area contributed by atoms with E-state index in [1.165, 1.54) is 29.0 Å². The zero-order valence-corrected chi connectivity index (χ0v) is 19.5. The lowest BCUT2D eigenvalue weighted by Crippen LogP contribution is -2.43. The summed E-state index contributed by atoms with van der Waals surface area (Å²) in [5.41, 5.74) is 5.39. The van der Waals surface area contributed by atoms with E-state index in [1.54, 1.807) is 0 Å². The molecule has 4 heterocycles. The molecule has 2 aliphatic heterocycles. The van der Waals surface area contributed by atoms with Crippen LogP contribution >= 0.6 is 11.8 Å². The molecule has 168 valence electrons. The number of pyridine rings is 1. The molecule has 5 rings (SSSR count). The Kier molecular flexibility index (Phi) is 6.57. The molecule has 0 unspecified atom stereocenters. The van der Waals surface area contributed by atoms with Crippen molar-refractivity contribution in [1.82, 2.24) is 24.8 Å². The first-order valence-electron chi connectivity index (χ1n) is 11.7. The molecule has 1 aromatic carbocycles. The fraction of sp³-hybridized carbons (Fsp3) is 0.480. The Morgan fingerprint density at radius 3 is 2.91 bits per heavy atom. The van der Waals surface area contributed by atoms with Gasteiger partial charge in [0.1, 0.15) is 0 Å². The van der Waals surface area contributed by atoms with Crippen LogP contribution in [0, 0.1) is 6.92 Å². The maximum atomic E-state index is 12.4. The second kappa shape index (κ2) is 9.73. The van der Waals surface area contributed by atoms with Crippen LogP contribution in [0.15, 0.2) is 46.2 Å². The summed E-state index contributed by atoms with van der Waals surface area (Å²) in [6.45, 7) is 6.61. The van der Waals surface area contributed by atoms with Crippen LogP contribution in [0.5, 0.6) is 0 Å². The number of hydrogen-bond acceptors (Lipinski definition) is 6. The van der Waals surface area contributed by atoms with Gasteiger partial charge in [-0.15, -0.1) is 11.8 Å². The maximum absolute atomic E-state index is 12.4. The van der Waals surface area contributed by atoms with Crippen molar-refractivity contribution >= 4 is 22.8 Å². The van der Waals surface area contributed by atoms with E-state index < -0.39 is 0 Å². The van der Waals surface area contributed by atoms with Crippen molar-refractivity contribution in [2.45, 2.75) is 56.6 Å². The Morgan fingerprint density at radius 2 is 2.03 bits per heavy atom. The average molecular weight is 450 g/mol. The van der Waals surface area contributed by atoms with Gasteiger partial charge in [0.2, 0.25) is 0 Å². The molecule has 2 aromatic heterocycles. The minimum absolute atomic E-state index is 0.0180. The summed E-state index contributed by atoms with van der Waals surface area (Å²) < 4.78 is 1.87. The first kappa shape index (κ1) is 21.6. The van der Waals surface area contributed by atoms with Crippen LogP contribution in [0.3, 0.4) is 0 Å². The van der Waals surface area contributed by atoms with Gasteiger partial charge in [-0.3, -0.25) is 9.78 Å². The fourth-order valence-corrected chi connectivity index (χ4v) is 5.71. The van der Waals surface area contributed by atoms with Gasteiger partial charge in [-0.1, -0.05) is 6.07 Å². The van der Waals surface area contributed by atoms with Crippen LogP contribution in [0.4, 0.5) is 0 Å².